The van der Waals surface area contributed by atoms with E-state index in [1.165, 1.54) is 0 Å². The van der Waals surface area contributed by atoms with Crippen LogP contribution >= 0.6 is 15.9 Å². The van der Waals surface area contributed by atoms with Gasteiger partial charge in [0, 0.05) is 10.7 Å². The van der Waals surface area contributed by atoms with Crippen LogP contribution in [0.2, 0.25) is 0 Å². The SMILES string of the molecule is CC(Br)C(C=O)CC(=O)O. The van der Waals surface area contributed by atoms with Crippen LogP contribution in [0.1, 0.15) is 13.3 Å². The van der Waals surface area contributed by atoms with Crippen molar-refractivity contribution in [1.82, 2.24) is 0 Å². The molecule has 0 bridgehead atoms. The molecule has 3 nitrogen and oxygen atoms in total. The summed E-state index contributed by atoms with van der Waals surface area (Å²) in [5.74, 6) is -1.36. The molecular formula is C6H9BrO3. The van der Waals surface area contributed by atoms with Crippen molar-refractivity contribution in [3.05, 3.63) is 0 Å². The second kappa shape index (κ2) is 4.44. The number of halogens is 1. The van der Waals surface area contributed by atoms with Gasteiger partial charge in [-0.3, -0.25) is 4.79 Å². The van der Waals surface area contributed by atoms with Crippen LogP contribution in [0.3, 0.4) is 0 Å². The summed E-state index contributed by atoms with van der Waals surface area (Å²) < 4.78 is 0. The molecule has 10 heavy (non-hydrogen) atoms. The molecular weight excluding hydrogens is 200 g/mol. The van der Waals surface area contributed by atoms with E-state index >= 15 is 0 Å². The minimum Gasteiger partial charge on any atom is -0.481 e. The van der Waals surface area contributed by atoms with Crippen LogP contribution in [0.15, 0.2) is 0 Å². The summed E-state index contributed by atoms with van der Waals surface area (Å²) in [5.41, 5.74) is 0. The van der Waals surface area contributed by atoms with Crippen molar-refractivity contribution >= 4 is 28.2 Å². The maximum Gasteiger partial charge on any atom is 0.304 e. The van der Waals surface area contributed by atoms with Crippen molar-refractivity contribution in [3.8, 4) is 0 Å². The standard InChI is InChI=1S/C6H9BrO3/c1-4(7)5(3-8)2-6(9)10/h3-5H,2H2,1H3,(H,9,10). The van der Waals surface area contributed by atoms with E-state index in [-0.39, 0.29) is 11.2 Å². The summed E-state index contributed by atoms with van der Waals surface area (Å²) >= 11 is 3.13. The molecule has 0 rings (SSSR count). The van der Waals surface area contributed by atoms with Crippen molar-refractivity contribution < 1.29 is 14.7 Å². The molecule has 2 unspecified atom stereocenters. The Morgan fingerprint density at radius 1 is 1.80 bits per heavy atom. The van der Waals surface area contributed by atoms with Gasteiger partial charge in [0.1, 0.15) is 6.29 Å². The molecule has 0 aliphatic rings. The molecule has 0 aliphatic carbocycles. The number of rotatable bonds is 4. The van der Waals surface area contributed by atoms with Gasteiger partial charge >= 0.3 is 5.97 Å². The zero-order valence-electron chi connectivity index (χ0n) is 5.58. The quantitative estimate of drug-likeness (QED) is 0.556. The van der Waals surface area contributed by atoms with Crippen molar-refractivity contribution in [2.75, 3.05) is 0 Å². The van der Waals surface area contributed by atoms with E-state index in [0.29, 0.717) is 6.29 Å². The molecule has 2 atom stereocenters. The summed E-state index contributed by atoms with van der Waals surface area (Å²) in [6.45, 7) is 1.75. The number of carboxylic acids is 1. The fourth-order valence-electron chi connectivity index (χ4n) is 0.520. The molecule has 0 spiro atoms. The first-order chi connectivity index (χ1) is 4.57. The van der Waals surface area contributed by atoms with E-state index in [9.17, 15) is 9.59 Å². The highest BCUT2D eigenvalue weighted by atomic mass is 79.9. The molecule has 0 saturated carbocycles. The lowest BCUT2D eigenvalue weighted by Gasteiger charge is -2.08. The minimum absolute atomic E-state index is 0.0684. The van der Waals surface area contributed by atoms with Gasteiger partial charge in [0.05, 0.1) is 6.42 Å². The Labute approximate surface area is 67.5 Å². The molecule has 4 heteroatoms. The zero-order chi connectivity index (χ0) is 8.15. The predicted octanol–water partition coefficient (Wildman–Crippen LogP) is 1.06. The minimum atomic E-state index is -0.941. The van der Waals surface area contributed by atoms with Crippen molar-refractivity contribution in [2.45, 2.75) is 18.2 Å². The molecule has 0 saturated heterocycles. The average Bonchev–Trinajstić information content (AvgIpc) is 1.81. The topological polar surface area (TPSA) is 54.4 Å². The van der Waals surface area contributed by atoms with Gasteiger partial charge in [0.25, 0.3) is 0 Å². The van der Waals surface area contributed by atoms with Gasteiger partial charge in [-0.1, -0.05) is 22.9 Å². The third-order valence-electron chi connectivity index (χ3n) is 1.18. The van der Waals surface area contributed by atoms with Gasteiger partial charge in [0.2, 0.25) is 0 Å². The van der Waals surface area contributed by atoms with Crippen LogP contribution in [0.25, 0.3) is 0 Å². The van der Waals surface area contributed by atoms with Crippen molar-refractivity contribution in [3.63, 3.8) is 0 Å². The first kappa shape index (κ1) is 9.62. The van der Waals surface area contributed by atoms with E-state index in [1.807, 2.05) is 0 Å². The monoisotopic (exact) mass is 208 g/mol. The fourth-order valence-corrected chi connectivity index (χ4v) is 0.832. The zero-order valence-corrected chi connectivity index (χ0v) is 7.17. The third kappa shape index (κ3) is 3.61. The molecule has 0 aliphatic heterocycles. The summed E-state index contributed by atoms with van der Waals surface area (Å²) in [6, 6.07) is 0. The lowest BCUT2D eigenvalue weighted by molar-refractivity contribution is -0.139. The summed E-state index contributed by atoms with van der Waals surface area (Å²) in [5, 5.41) is 8.28. The predicted molar refractivity (Wildman–Crippen MR) is 40.2 cm³/mol. The second-order valence-electron chi connectivity index (χ2n) is 2.08. The van der Waals surface area contributed by atoms with Gasteiger partial charge in [-0.2, -0.15) is 0 Å². The molecule has 0 aromatic heterocycles. The first-order valence-corrected chi connectivity index (χ1v) is 3.80. The second-order valence-corrected chi connectivity index (χ2v) is 3.52. The average molecular weight is 209 g/mol. The van der Waals surface area contributed by atoms with Gasteiger partial charge in [-0.15, -0.1) is 0 Å². The molecule has 0 radical (unpaired) electrons. The number of hydrogen-bond donors (Lipinski definition) is 1. The summed E-state index contributed by atoms with van der Waals surface area (Å²) in [4.78, 5) is 20.2. The number of carbonyl (C=O) groups is 2. The molecule has 1 N–H and O–H groups in total. The Balaban J connectivity index is 3.83. The normalized spacial score (nSPS) is 15.8. The maximum atomic E-state index is 10.2. The largest absolute Gasteiger partial charge is 0.481 e. The molecule has 0 aromatic rings. The van der Waals surface area contributed by atoms with E-state index in [0.717, 1.165) is 0 Å². The highest BCUT2D eigenvalue weighted by Crippen LogP contribution is 2.13. The summed E-state index contributed by atoms with van der Waals surface area (Å²) in [6.07, 6.45) is 0.559. The van der Waals surface area contributed by atoms with Crippen LogP contribution in [-0.4, -0.2) is 22.2 Å². The number of aldehydes is 1. The van der Waals surface area contributed by atoms with Gasteiger partial charge < -0.3 is 9.90 Å². The number of aliphatic carboxylic acids is 1. The van der Waals surface area contributed by atoms with Crippen LogP contribution in [0.5, 0.6) is 0 Å². The highest BCUT2D eigenvalue weighted by molar-refractivity contribution is 9.09. The smallest absolute Gasteiger partial charge is 0.304 e. The fraction of sp³-hybridized carbons (Fsp3) is 0.667. The van der Waals surface area contributed by atoms with Crippen molar-refractivity contribution in [1.29, 1.82) is 0 Å². The van der Waals surface area contributed by atoms with E-state index in [4.69, 9.17) is 5.11 Å². The van der Waals surface area contributed by atoms with Crippen LogP contribution in [0.4, 0.5) is 0 Å². The number of hydrogen-bond acceptors (Lipinski definition) is 2. The number of carbonyl (C=O) groups excluding carboxylic acids is 1. The molecule has 0 aromatic carbocycles. The highest BCUT2D eigenvalue weighted by Gasteiger charge is 2.16. The lowest BCUT2D eigenvalue weighted by atomic mass is 10.1. The molecule has 0 fully saturated rings. The Morgan fingerprint density at radius 3 is 2.40 bits per heavy atom. The van der Waals surface area contributed by atoms with Crippen molar-refractivity contribution in [2.24, 2.45) is 5.92 Å². The van der Waals surface area contributed by atoms with Gasteiger partial charge in [-0.25, -0.2) is 0 Å². The van der Waals surface area contributed by atoms with E-state index < -0.39 is 11.9 Å². The number of carboxylic acid groups (broad SMARTS) is 1. The lowest BCUT2D eigenvalue weighted by Crippen LogP contribution is -2.16. The van der Waals surface area contributed by atoms with E-state index in [2.05, 4.69) is 15.9 Å². The summed E-state index contributed by atoms with van der Waals surface area (Å²) in [7, 11) is 0. The Morgan fingerprint density at radius 2 is 2.30 bits per heavy atom. The van der Waals surface area contributed by atoms with Crippen LogP contribution in [-0.2, 0) is 9.59 Å². The molecule has 58 valence electrons. The maximum absolute atomic E-state index is 10.2. The Hall–Kier alpha value is -0.380. The Bertz CT molecular complexity index is 133. The van der Waals surface area contributed by atoms with Crippen LogP contribution < -0.4 is 0 Å². The molecule has 0 amide bonds. The van der Waals surface area contributed by atoms with E-state index in [1.54, 1.807) is 6.92 Å². The molecule has 0 heterocycles. The third-order valence-corrected chi connectivity index (χ3v) is 1.85. The number of alkyl halides is 1. The Kier molecular flexibility index (Phi) is 4.27. The van der Waals surface area contributed by atoms with Gasteiger partial charge in [0.15, 0.2) is 0 Å². The first-order valence-electron chi connectivity index (χ1n) is 2.89. The van der Waals surface area contributed by atoms with Gasteiger partial charge in [-0.05, 0) is 0 Å². The van der Waals surface area contributed by atoms with Crippen LogP contribution in [0, 0.1) is 5.92 Å².